The highest BCUT2D eigenvalue weighted by Crippen LogP contribution is 2.44. The van der Waals surface area contributed by atoms with E-state index in [2.05, 4.69) is 21.3 Å². The minimum absolute atomic E-state index is 0.0188. The zero-order valence-electron chi connectivity index (χ0n) is 61.2. The van der Waals surface area contributed by atoms with Gasteiger partial charge in [-0.25, -0.2) is 8.42 Å². The van der Waals surface area contributed by atoms with Gasteiger partial charge in [-0.1, -0.05) is 92.9 Å². The molecule has 3 unspecified atom stereocenters. The summed E-state index contributed by atoms with van der Waals surface area (Å²) in [5.74, 6) is -12.8. The van der Waals surface area contributed by atoms with Gasteiger partial charge in [-0.2, -0.15) is 13.2 Å². The summed E-state index contributed by atoms with van der Waals surface area (Å²) in [5.41, 5.74) is -1.63. The van der Waals surface area contributed by atoms with Crippen LogP contribution in [0.3, 0.4) is 0 Å². The van der Waals surface area contributed by atoms with Crippen LogP contribution in [0.15, 0.2) is 0 Å². The first-order valence-electron chi connectivity index (χ1n) is 36.7. The molecule has 3 aliphatic carbocycles. The number of nitrogens with zero attached hydrogens (tertiary/aromatic N) is 8. The molecule has 12 amide bonds. The van der Waals surface area contributed by atoms with Crippen LogP contribution < -0.4 is 21.3 Å². The summed E-state index contributed by atoms with van der Waals surface area (Å²) in [5, 5.41) is 10.2. The van der Waals surface area contributed by atoms with Crippen molar-refractivity contribution in [1.82, 2.24) is 60.5 Å². The SMILES string of the molecule is CC[C@H](C)[C@@H]1NC(=O)[C@H](CC(C)C)N(C)C(=O)C[C@@H](C(=O)N2CCS(=O)(=O)CC2)NC(=O)[C@H](C(C)C)N(C)C(=O)C2(CCCC2)NC(=O)[C@@H]2CCCN2C(=O)[C@H](CCC2CCC(C(F)(F)F)C(Cl)C2)NC(=O)CN(C)C(=O)[C@H](CC2CCCCC2)N(C)C(=O)[C@@H]2CCN2C(=O)[C@H](C)N(C)C1=O. The first kappa shape index (κ1) is 82.0. The van der Waals surface area contributed by atoms with E-state index in [1.165, 1.54) is 71.6 Å². The summed E-state index contributed by atoms with van der Waals surface area (Å²) >= 11 is 6.39. The molecular formula is C70H112ClF3N12O14S. The zero-order valence-corrected chi connectivity index (χ0v) is 62.8. The van der Waals surface area contributed by atoms with E-state index in [-0.39, 0.29) is 115 Å². The van der Waals surface area contributed by atoms with Crippen molar-refractivity contribution in [3.8, 4) is 0 Å². The molecule has 13 atom stereocenters. The lowest BCUT2D eigenvalue weighted by Gasteiger charge is -2.45. The molecular weight excluding hydrogens is 1360 g/mol. The smallest absolute Gasteiger partial charge is 0.343 e. The van der Waals surface area contributed by atoms with E-state index in [1.54, 1.807) is 20.8 Å². The number of hydrogen-bond acceptors (Lipinski definition) is 14. The summed E-state index contributed by atoms with van der Waals surface area (Å²) < 4.78 is 67.3. The summed E-state index contributed by atoms with van der Waals surface area (Å²) in [6.07, 6.45) is 1.53. The van der Waals surface area contributed by atoms with Crippen molar-refractivity contribution < 1.29 is 79.1 Å². The number of fused-ring (bicyclic) bond motifs is 2. The van der Waals surface area contributed by atoms with E-state index >= 15 is 19.2 Å². The number of halogens is 4. The Bertz CT molecular complexity index is 3140. The Balaban J connectivity index is 1.27. The number of alkyl halides is 4. The van der Waals surface area contributed by atoms with Crippen molar-refractivity contribution in [3.63, 3.8) is 0 Å². The standard InChI is InChI=1S/C70H112ClF3N12O14S/c1-13-43(6)57-67(97)80(9)44(7)62(92)86-31-27-52(86)66(96)82(11)54(38-45-20-15-14-16-21-45)65(95)79(8)40-55(87)75-49(26-24-46-23-25-47(48(71)37-46)70(72,73)74)64(94)85-30-19-22-51(85)60(90)78-69(28-17-18-29-69)68(98)83(12)58(42(4)5)61(91)76-50(63(93)84-32-34-101(99,100)35-33-84)39-56(88)81(10)53(36-41(2)3)59(89)77-57/h41-54,57-58H,13-40H2,1-12H3,(H,75,87)(H,76,91)(H,77,89)(H,78,90)/t43-,44-,46?,47?,48?,49-,50-,51-,52-,53-,54-,57-,58-/m0/s1. The van der Waals surface area contributed by atoms with Crippen molar-refractivity contribution >= 4 is 92.3 Å². The van der Waals surface area contributed by atoms with Crippen LogP contribution in [0, 0.1) is 35.5 Å². The van der Waals surface area contributed by atoms with Gasteiger partial charge in [0.15, 0.2) is 9.84 Å². The Morgan fingerprint density at radius 3 is 1.84 bits per heavy atom. The number of amides is 12. The number of carbonyl (C=O) groups excluding carboxylic acids is 12. The third-order valence-corrected chi connectivity index (χ3v) is 24.9. The molecule has 7 fully saturated rings. The molecule has 4 N–H and O–H groups in total. The number of carbonyl (C=O) groups is 12. The molecule has 101 heavy (non-hydrogen) atoms. The second-order valence-electron chi connectivity index (χ2n) is 30.7. The Morgan fingerprint density at radius 2 is 1.27 bits per heavy atom. The second-order valence-corrected chi connectivity index (χ2v) is 33.6. The fourth-order valence-corrected chi connectivity index (χ4v) is 17.8. The number of nitrogens with one attached hydrogen (secondary N) is 4. The zero-order chi connectivity index (χ0) is 74.9. The molecule has 570 valence electrons. The summed E-state index contributed by atoms with van der Waals surface area (Å²) in [4.78, 5) is 189. The van der Waals surface area contributed by atoms with Crippen molar-refractivity contribution in [2.45, 2.75) is 255 Å². The normalized spacial score (nSPS) is 31.2. The maximum absolute atomic E-state index is 15.3. The van der Waals surface area contributed by atoms with Crippen molar-refractivity contribution in [1.29, 1.82) is 0 Å². The van der Waals surface area contributed by atoms with Crippen LogP contribution in [0.4, 0.5) is 13.2 Å². The van der Waals surface area contributed by atoms with Gasteiger partial charge in [-0.05, 0) is 114 Å². The van der Waals surface area contributed by atoms with Gasteiger partial charge in [0, 0.05) is 66.8 Å². The predicted molar refractivity (Wildman–Crippen MR) is 370 cm³/mol. The minimum atomic E-state index is -4.52. The maximum atomic E-state index is 15.3. The third-order valence-electron chi connectivity index (χ3n) is 22.8. The molecule has 0 aromatic carbocycles. The van der Waals surface area contributed by atoms with Gasteiger partial charge in [0.2, 0.25) is 70.9 Å². The Hall–Kier alpha value is -6.33. The molecule has 4 heterocycles. The Morgan fingerprint density at radius 1 is 0.634 bits per heavy atom. The number of hydrogen-bond donors (Lipinski definition) is 4. The van der Waals surface area contributed by atoms with E-state index in [4.69, 9.17) is 11.6 Å². The van der Waals surface area contributed by atoms with Gasteiger partial charge in [-0.15, -0.1) is 11.6 Å². The number of likely N-dealkylation sites (N-methyl/N-ethyl adjacent to an activating group) is 5. The lowest BCUT2D eigenvalue weighted by atomic mass is 9.78. The van der Waals surface area contributed by atoms with Crippen LogP contribution in [0.5, 0.6) is 0 Å². The minimum Gasteiger partial charge on any atom is -0.343 e. The van der Waals surface area contributed by atoms with Gasteiger partial charge < -0.3 is 60.5 Å². The molecule has 0 bridgehead atoms. The van der Waals surface area contributed by atoms with E-state index in [0.717, 1.165) is 41.9 Å². The molecule has 4 aliphatic heterocycles. The van der Waals surface area contributed by atoms with Crippen molar-refractivity contribution in [2.24, 2.45) is 35.5 Å². The largest absolute Gasteiger partial charge is 0.393 e. The second kappa shape index (κ2) is 35.0. The van der Waals surface area contributed by atoms with Crippen LogP contribution in [-0.2, 0) is 67.4 Å². The lowest BCUT2D eigenvalue weighted by molar-refractivity contribution is -0.182. The molecule has 7 rings (SSSR count). The predicted octanol–water partition coefficient (Wildman–Crippen LogP) is 3.99. The summed E-state index contributed by atoms with van der Waals surface area (Å²) in [7, 11) is 3.47. The van der Waals surface area contributed by atoms with Gasteiger partial charge in [0.25, 0.3) is 0 Å². The van der Waals surface area contributed by atoms with Crippen LogP contribution in [0.25, 0.3) is 0 Å². The average Bonchev–Trinajstić information content (AvgIpc) is 1.64. The molecule has 7 aliphatic rings. The van der Waals surface area contributed by atoms with Crippen LogP contribution in [0.2, 0.25) is 0 Å². The molecule has 31 heteroatoms. The monoisotopic (exact) mass is 1470 g/mol. The Kier molecular flexibility index (Phi) is 28.4. The molecule has 26 nitrogen and oxygen atoms in total. The van der Waals surface area contributed by atoms with Gasteiger partial charge in [-0.3, -0.25) is 57.5 Å². The fraction of sp³-hybridized carbons (Fsp3) is 0.829. The number of sulfone groups is 1. The third kappa shape index (κ3) is 19.9. The fourth-order valence-electron chi connectivity index (χ4n) is 16.1. The molecule has 1 spiro atoms. The van der Waals surface area contributed by atoms with Crippen LogP contribution >= 0.6 is 11.6 Å². The Labute approximate surface area is 599 Å². The lowest BCUT2D eigenvalue weighted by Crippen LogP contribution is -2.65. The van der Waals surface area contributed by atoms with Gasteiger partial charge >= 0.3 is 6.18 Å². The molecule has 0 aromatic rings. The van der Waals surface area contributed by atoms with E-state index in [0.29, 0.717) is 25.7 Å². The summed E-state index contributed by atoms with van der Waals surface area (Å²) in [6.45, 7) is 11.0. The van der Waals surface area contributed by atoms with E-state index in [1.807, 2.05) is 20.8 Å². The molecule has 0 radical (unpaired) electrons. The first-order valence-corrected chi connectivity index (χ1v) is 38.9. The van der Waals surface area contributed by atoms with E-state index < -0.39 is 194 Å². The van der Waals surface area contributed by atoms with Gasteiger partial charge in [0.1, 0.15) is 59.9 Å². The highest BCUT2D eigenvalue weighted by molar-refractivity contribution is 7.91. The van der Waals surface area contributed by atoms with Crippen LogP contribution in [-0.4, -0.2) is 269 Å². The number of rotatable bonds is 11. The van der Waals surface area contributed by atoms with Gasteiger partial charge in [0.05, 0.1) is 30.4 Å². The quantitative estimate of drug-likeness (QED) is 0.213. The van der Waals surface area contributed by atoms with E-state index in [9.17, 15) is 59.9 Å². The molecule has 4 saturated heterocycles. The molecule has 0 aromatic heterocycles. The maximum Gasteiger partial charge on any atom is 0.393 e. The van der Waals surface area contributed by atoms with Crippen LogP contribution in [0.1, 0.15) is 183 Å². The summed E-state index contributed by atoms with van der Waals surface area (Å²) in [6, 6.07) is -11.5. The highest BCUT2D eigenvalue weighted by atomic mass is 35.5. The van der Waals surface area contributed by atoms with Crippen molar-refractivity contribution in [3.05, 3.63) is 0 Å². The highest BCUT2D eigenvalue weighted by Gasteiger charge is 2.52. The molecule has 3 saturated carbocycles. The first-order chi connectivity index (χ1) is 47.3. The topological polar surface area (TPSA) is 313 Å². The average molecular weight is 1470 g/mol. The van der Waals surface area contributed by atoms with Crippen molar-refractivity contribution in [2.75, 3.05) is 79.5 Å².